The predicted molar refractivity (Wildman–Crippen MR) is 68.4 cm³/mol. The van der Waals surface area contributed by atoms with E-state index in [0.29, 0.717) is 5.56 Å². The van der Waals surface area contributed by atoms with Gasteiger partial charge in [-0.3, -0.25) is 0 Å². The number of halogens is 2. The lowest BCUT2D eigenvalue weighted by Crippen LogP contribution is -2.19. The van der Waals surface area contributed by atoms with Gasteiger partial charge in [-0.1, -0.05) is 15.9 Å². The molecule has 0 radical (unpaired) electrons. The van der Waals surface area contributed by atoms with Gasteiger partial charge in [-0.2, -0.15) is 0 Å². The fraction of sp³-hybridized carbons (Fsp3) is 0.231. The standard InChI is InChI=1S/C13H13BrFNO/c1-8-10(5-6-17-8)13(16-2)11-7-9(14)3-4-12(11)15/h3-7,13,16H,1-2H3. The van der Waals surface area contributed by atoms with E-state index in [1.54, 1.807) is 25.4 Å². The molecule has 0 saturated heterocycles. The first-order valence-electron chi connectivity index (χ1n) is 5.29. The van der Waals surface area contributed by atoms with E-state index in [-0.39, 0.29) is 11.9 Å². The number of rotatable bonds is 3. The minimum Gasteiger partial charge on any atom is -0.469 e. The molecule has 1 atom stereocenters. The molecule has 2 aromatic rings. The van der Waals surface area contributed by atoms with E-state index in [4.69, 9.17) is 4.42 Å². The zero-order valence-corrected chi connectivity index (χ0v) is 11.2. The molecular weight excluding hydrogens is 285 g/mol. The Hall–Kier alpha value is -1.13. The Bertz CT molecular complexity index is 524. The summed E-state index contributed by atoms with van der Waals surface area (Å²) in [5.74, 6) is 0.567. The van der Waals surface area contributed by atoms with E-state index in [2.05, 4.69) is 21.2 Å². The molecule has 1 heterocycles. The topological polar surface area (TPSA) is 25.2 Å². The molecule has 1 aromatic heterocycles. The molecule has 0 saturated carbocycles. The molecule has 0 aliphatic heterocycles. The van der Waals surface area contributed by atoms with Gasteiger partial charge in [0.2, 0.25) is 0 Å². The summed E-state index contributed by atoms with van der Waals surface area (Å²) >= 11 is 3.36. The molecule has 0 aliphatic carbocycles. The van der Waals surface area contributed by atoms with Gasteiger partial charge in [-0.25, -0.2) is 4.39 Å². The maximum absolute atomic E-state index is 13.8. The smallest absolute Gasteiger partial charge is 0.128 e. The van der Waals surface area contributed by atoms with Crippen molar-refractivity contribution >= 4 is 15.9 Å². The van der Waals surface area contributed by atoms with Crippen molar-refractivity contribution < 1.29 is 8.81 Å². The van der Waals surface area contributed by atoms with Crippen LogP contribution >= 0.6 is 15.9 Å². The highest BCUT2D eigenvalue weighted by molar-refractivity contribution is 9.10. The molecule has 0 aliphatic rings. The lowest BCUT2D eigenvalue weighted by molar-refractivity contribution is 0.518. The van der Waals surface area contributed by atoms with Crippen LogP contribution in [0.25, 0.3) is 0 Å². The summed E-state index contributed by atoms with van der Waals surface area (Å²) in [4.78, 5) is 0. The van der Waals surface area contributed by atoms with E-state index in [1.807, 2.05) is 13.0 Å². The molecule has 2 rings (SSSR count). The summed E-state index contributed by atoms with van der Waals surface area (Å²) in [6.45, 7) is 1.87. The molecule has 0 bridgehead atoms. The molecule has 0 amide bonds. The maximum Gasteiger partial charge on any atom is 0.128 e. The number of benzene rings is 1. The van der Waals surface area contributed by atoms with Gasteiger partial charge in [0.15, 0.2) is 0 Å². The van der Waals surface area contributed by atoms with Crippen molar-refractivity contribution in [2.24, 2.45) is 0 Å². The molecule has 2 nitrogen and oxygen atoms in total. The second kappa shape index (κ2) is 5.02. The molecule has 0 spiro atoms. The summed E-state index contributed by atoms with van der Waals surface area (Å²) < 4.78 is 20.0. The Balaban J connectivity index is 2.49. The van der Waals surface area contributed by atoms with Gasteiger partial charge in [-0.15, -0.1) is 0 Å². The molecule has 17 heavy (non-hydrogen) atoms. The van der Waals surface area contributed by atoms with Gasteiger partial charge in [0.1, 0.15) is 11.6 Å². The Morgan fingerprint density at radius 3 is 2.65 bits per heavy atom. The van der Waals surface area contributed by atoms with Crippen LogP contribution in [0.2, 0.25) is 0 Å². The Morgan fingerprint density at radius 2 is 2.06 bits per heavy atom. The zero-order chi connectivity index (χ0) is 12.4. The average molecular weight is 298 g/mol. The largest absolute Gasteiger partial charge is 0.469 e. The van der Waals surface area contributed by atoms with Crippen molar-refractivity contribution in [1.82, 2.24) is 5.32 Å². The van der Waals surface area contributed by atoms with Crippen molar-refractivity contribution in [1.29, 1.82) is 0 Å². The van der Waals surface area contributed by atoms with Crippen LogP contribution in [0.15, 0.2) is 39.4 Å². The molecule has 4 heteroatoms. The van der Waals surface area contributed by atoms with Crippen molar-refractivity contribution in [2.75, 3.05) is 7.05 Å². The van der Waals surface area contributed by atoms with E-state index in [9.17, 15) is 4.39 Å². The Morgan fingerprint density at radius 1 is 1.29 bits per heavy atom. The fourth-order valence-corrected chi connectivity index (χ4v) is 2.29. The summed E-state index contributed by atoms with van der Waals surface area (Å²) in [7, 11) is 1.80. The van der Waals surface area contributed by atoms with Gasteiger partial charge < -0.3 is 9.73 Å². The molecule has 90 valence electrons. The normalized spacial score (nSPS) is 12.7. The quantitative estimate of drug-likeness (QED) is 0.932. The maximum atomic E-state index is 13.8. The summed E-state index contributed by atoms with van der Waals surface area (Å²) in [5, 5.41) is 3.11. The Kier molecular flexibility index (Phi) is 3.64. The van der Waals surface area contributed by atoms with Crippen molar-refractivity contribution in [2.45, 2.75) is 13.0 Å². The number of furan rings is 1. The van der Waals surface area contributed by atoms with E-state index >= 15 is 0 Å². The Labute approximate surface area is 108 Å². The zero-order valence-electron chi connectivity index (χ0n) is 9.63. The van der Waals surface area contributed by atoms with Crippen LogP contribution in [-0.2, 0) is 0 Å². The van der Waals surface area contributed by atoms with E-state index in [0.717, 1.165) is 15.8 Å². The summed E-state index contributed by atoms with van der Waals surface area (Å²) in [5.41, 5.74) is 1.55. The van der Waals surface area contributed by atoms with Gasteiger partial charge in [0.25, 0.3) is 0 Å². The lowest BCUT2D eigenvalue weighted by Gasteiger charge is -2.17. The van der Waals surface area contributed by atoms with Crippen LogP contribution < -0.4 is 5.32 Å². The monoisotopic (exact) mass is 297 g/mol. The van der Waals surface area contributed by atoms with Crippen LogP contribution in [0.3, 0.4) is 0 Å². The highest BCUT2D eigenvalue weighted by Crippen LogP contribution is 2.29. The minimum absolute atomic E-state index is 0.203. The van der Waals surface area contributed by atoms with E-state index in [1.165, 1.54) is 6.07 Å². The van der Waals surface area contributed by atoms with Crippen LogP contribution in [-0.4, -0.2) is 7.05 Å². The molecule has 1 N–H and O–H groups in total. The van der Waals surface area contributed by atoms with Crippen LogP contribution in [0.5, 0.6) is 0 Å². The first kappa shape index (κ1) is 12.3. The highest BCUT2D eigenvalue weighted by atomic mass is 79.9. The van der Waals surface area contributed by atoms with Crippen molar-refractivity contribution in [3.63, 3.8) is 0 Å². The summed E-state index contributed by atoms with van der Waals surface area (Å²) in [6, 6.07) is 6.58. The molecule has 1 aromatic carbocycles. The SMILES string of the molecule is CNC(c1cc(Br)ccc1F)c1ccoc1C. The fourth-order valence-electron chi connectivity index (χ4n) is 1.91. The second-order valence-electron chi connectivity index (χ2n) is 3.82. The third-order valence-corrected chi connectivity index (χ3v) is 3.26. The van der Waals surface area contributed by atoms with Crippen LogP contribution in [0.4, 0.5) is 4.39 Å². The first-order valence-corrected chi connectivity index (χ1v) is 6.09. The number of aryl methyl sites for hydroxylation is 1. The average Bonchev–Trinajstić information content (AvgIpc) is 2.71. The van der Waals surface area contributed by atoms with Crippen molar-refractivity contribution in [3.05, 3.63) is 57.7 Å². The molecular formula is C13H13BrFNO. The third-order valence-electron chi connectivity index (χ3n) is 2.77. The van der Waals surface area contributed by atoms with Gasteiger partial charge in [0, 0.05) is 15.6 Å². The minimum atomic E-state index is -0.229. The van der Waals surface area contributed by atoms with Crippen LogP contribution in [0, 0.1) is 12.7 Å². The predicted octanol–water partition coefficient (Wildman–Crippen LogP) is 3.80. The highest BCUT2D eigenvalue weighted by Gasteiger charge is 2.19. The van der Waals surface area contributed by atoms with Crippen molar-refractivity contribution in [3.8, 4) is 0 Å². The van der Waals surface area contributed by atoms with E-state index < -0.39 is 0 Å². The van der Waals surface area contributed by atoms with Crippen LogP contribution in [0.1, 0.15) is 22.9 Å². The number of hydrogen-bond donors (Lipinski definition) is 1. The lowest BCUT2D eigenvalue weighted by atomic mass is 9.99. The molecule has 1 unspecified atom stereocenters. The number of hydrogen-bond acceptors (Lipinski definition) is 2. The van der Waals surface area contributed by atoms with Gasteiger partial charge in [0.05, 0.1) is 12.3 Å². The third kappa shape index (κ3) is 2.42. The molecule has 0 fully saturated rings. The first-order chi connectivity index (χ1) is 8.13. The van der Waals surface area contributed by atoms with Gasteiger partial charge >= 0.3 is 0 Å². The number of nitrogens with one attached hydrogen (secondary N) is 1. The van der Waals surface area contributed by atoms with Gasteiger partial charge in [-0.05, 0) is 38.2 Å². The summed E-state index contributed by atoms with van der Waals surface area (Å²) in [6.07, 6.45) is 1.62. The second-order valence-corrected chi connectivity index (χ2v) is 4.74.